The van der Waals surface area contributed by atoms with Crippen molar-refractivity contribution in [3.63, 3.8) is 0 Å². The Labute approximate surface area is 203 Å². The summed E-state index contributed by atoms with van der Waals surface area (Å²) in [5.74, 6) is 0.723. The number of rotatable bonds is 4. The first kappa shape index (κ1) is 22.0. The molecule has 3 atom stereocenters. The second-order valence-electron chi connectivity index (χ2n) is 7.86. The van der Waals surface area contributed by atoms with Crippen LogP contribution in [-0.4, -0.2) is 27.5 Å². The monoisotopic (exact) mass is 598 g/mol. The lowest BCUT2D eigenvalue weighted by atomic mass is 9.85. The van der Waals surface area contributed by atoms with Crippen LogP contribution in [0.1, 0.15) is 38.2 Å². The Morgan fingerprint density at radius 3 is 2.70 bits per heavy atom. The predicted octanol–water partition coefficient (Wildman–Crippen LogP) is 6.65. The normalized spacial score (nSPS) is 25.7. The Kier molecular flexibility index (Phi) is 6.99. The molecule has 1 aliphatic heterocycles. The third kappa shape index (κ3) is 4.67. The van der Waals surface area contributed by atoms with Crippen molar-refractivity contribution in [3.05, 3.63) is 61.0 Å². The van der Waals surface area contributed by atoms with E-state index >= 15 is 0 Å². The molecule has 158 valence electrons. The first-order chi connectivity index (χ1) is 14.4. The van der Waals surface area contributed by atoms with Gasteiger partial charge in [0, 0.05) is 21.8 Å². The summed E-state index contributed by atoms with van der Waals surface area (Å²) in [6.45, 7) is 2.26. The largest absolute Gasteiger partial charge is 0.506 e. The molecule has 0 spiro atoms. The van der Waals surface area contributed by atoms with Gasteiger partial charge >= 0.3 is 0 Å². The minimum atomic E-state index is -0.162. The van der Waals surface area contributed by atoms with E-state index in [1.807, 2.05) is 53.4 Å². The topological polar surface area (TPSA) is 52.6 Å². The number of phenols is 1. The van der Waals surface area contributed by atoms with Gasteiger partial charge in [0.1, 0.15) is 5.75 Å². The molecule has 2 aromatic carbocycles. The zero-order chi connectivity index (χ0) is 21.3. The maximum atomic E-state index is 13.5. The number of carbonyl (C=O) groups is 1. The fourth-order valence-corrected chi connectivity index (χ4v) is 6.96. The summed E-state index contributed by atoms with van der Waals surface area (Å²) in [5, 5.41) is 14.1. The molecule has 1 unspecified atom stereocenters. The number of aromatic hydroxyl groups is 1. The van der Waals surface area contributed by atoms with Gasteiger partial charge < -0.3 is 15.3 Å². The SMILES string of the molecule is C[C@H]1CCCC[C@H]1N1C(=O)/C(=C/c2cc(Br)cc(I)c2O)SC1Nc1ccccc1. The number of nitrogens with zero attached hydrogens (tertiary/aromatic N) is 1. The van der Waals surface area contributed by atoms with E-state index in [4.69, 9.17) is 0 Å². The van der Waals surface area contributed by atoms with Gasteiger partial charge in [0.2, 0.25) is 0 Å². The summed E-state index contributed by atoms with van der Waals surface area (Å²) >= 11 is 7.13. The molecule has 0 bridgehead atoms. The molecule has 1 saturated heterocycles. The van der Waals surface area contributed by atoms with E-state index in [0.717, 1.165) is 33.0 Å². The lowest BCUT2D eigenvalue weighted by molar-refractivity contribution is -0.129. The number of phenolic OH excluding ortho intramolecular Hbond substituents is 1. The van der Waals surface area contributed by atoms with Crippen LogP contribution < -0.4 is 5.32 Å². The number of para-hydroxylation sites is 1. The smallest absolute Gasteiger partial charge is 0.262 e. The summed E-state index contributed by atoms with van der Waals surface area (Å²) in [4.78, 5) is 16.2. The zero-order valence-electron chi connectivity index (χ0n) is 16.6. The van der Waals surface area contributed by atoms with Gasteiger partial charge in [-0.2, -0.15) is 0 Å². The molecule has 7 heteroatoms. The Hall–Kier alpha value is -1.19. The lowest BCUT2D eigenvalue weighted by Crippen LogP contribution is -2.48. The first-order valence-corrected chi connectivity index (χ1v) is 12.9. The quantitative estimate of drug-likeness (QED) is 0.306. The van der Waals surface area contributed by atoms with Crippen molar-refractivity contribution in [1.29, 1.82) is 0 Å². The summed E-state index contributed by atoms with van der Waals surface area (Å²) < 4.78 is 1.63. The van der Waals surface area contributed by atoms with E-state index < -0.39 is 0 Å². The van der Waals surface area contributed by atoms with Crippen LogP contribution in [0.15, 0.2) is 51.8 Å². The number of benzene rings is 2. The third-order valence-electron chi connectivity index (χ3n) is 5.77. The van der Waals surface area contributed by atoms with Crippen LogP contribution in [0.5, 0.6) is 5.75 Å². The van der Waals surface area contributed by atoms with Crippen LogP contribution in [0, 0.1) is 9.49 Å². The maximum Gasteiger partial charge on any atom is 0.262 e. The Morgan fingerprint density at radius 2 is 1.97 bits per heavy atom. The Morgan fingerprint density at radius 1 is 1.23 bits per heavy atom. The summed E-state index contributed by atoms with van der Waals surface area (Å²) in [7, 11) is 0. The molecule has 2 aromatic rings. The van der Waals surface area contributed by atoms with Crippen molar-refractivity contribution in [1.82, 2.24) is 4.90 Å². The number of amides is 1. The molecule has 0 radical (unpaired) electrons. The highest BCUT2D eigenvalue weighted by atomic mass is 127. The molecule has 2 N–H and O–H groups in total. The van der Waals surface area contributed by atoms with Crippen molar-refractivity contribution >= 4 is 68.0 Å². The molecule has 30 heavy (non-hydrogen) atoms. The molecule has 4 nitrogen and oxygen atoms in total. The molecule has 1 amide bonds. The highest BCUT2D eigenvalue weighted by Crippen LogP contribution is 2.43. The minimum Gasteiger partial charge on any atom is -0.506 e. The van der Waals surface area contributed by atoms with Gasteiger partial charge in [-0.3, -0.25) is 4.79 Å². The number of anilines is 1. The van der Waals surface area contributed by atoms with E-state index in [0.29, 0.717) is 16.4 Å². The standard InChI is InChI=1S/C23H24BrIN2O2S/c1-14-7-5-6-10-19(14)27-22(29)20(12-15-11-16(24)13-18(25)21(15)28)30-23(27)26-17-8-3-2-4-9-17/h2-4,8-9,11-14,19,23,26,28H,5-7,10H2,1H3/b20-12-/t14-,19+,23?/m0/s1. The highest BCUT2D eigenvalue weighted by molar-refractivity contribution is 14.1. The van der Waals surface area contributed by atoms with Gasteiger partial charge in [0.25, 0.3) is 5.91 Å². The van der Waals surface area contributed by atoms with E-state index in [1.165, 1.54) is 18.2 Å². The summed E-state index contributed by atoms with van der Waals surface area (Å²) in [6, 6.07) is 14.0. The number of halogens is 2. The Bertz CT molecular complexity index is 969. The molecular weight excluding hydrogens is 575 g/mol. The number of thioether (sulfide) groups is 1. The summed E-state index contributed by atoms with van der Waals surface area (Å²) in [6.07, 6.45) is 6.40. The second-order valence-corrected chi connectivity index (χ2v) is 11.1. The number of carbonyl (C=O) groups excluding carboxylic acids is 1. The molecule has 4 rings (SSSR count). The molecule has 2 fully saturated rings. The van der Waals surface area contributed by atoms with E-state index in [2.05, 4.69) is 50.8 Å². The number of hydrogen-bond donors (Lipinski definition) is 2. The summed E-state index contributed by atoms with van der Waals surface area (Å²) in [5.41, 5.74) is 1.49. The minimum absolute atomic E-state index is 0.0431. The van der Waals surface area contributed by atoms with Crippen LogP contribution in [0.3, 0.4) is 0 Å². The fourth-order valence-electron chi connectivity index (χ4n) is 4.20. The average Bonchev–Trinajstić information content (AvgIpc) is 3.02. The molecule has 1 heterocycles. The van der Waals surface area contributed by atoms with Crippen molar-refractivity contribution in [3.8, 4) is 5.75 Å². The zero-order valence-corrected chi connectivity index (χ0v) is 21.2. The van der Waals surface area contributed by atoms with Gasteiger partial charge in [-0.25, -0.2) is 0 Å². The molecule has 0 aromatic heterocycles. The predicted molar refractivity (Wildman–Crippen MR) is 136 cm³/mol. The Balaban J connectivity index is 1.69. The number of hydrogen-bond acceptors (Lipinski definition) is 4. The number of nitrogens with one attached hydrogen (secondary N) is 1. The van der Waals surface area contributed by atoms with Crippen molar-refractivity contribution < 1.29 is 9.90 Å². The van der Waals surface area contributed by atoms with E-state index in [1.54, 1.807) is 0 Å². The van der Waals surface area contributed by atoms with E-state index in [9.17, 15) is 9.90 Å². The lowest BCUT2D eigenvalue weighted by Gasteiger charge is -2.39. The van der Waals surface area contributed by atoms with Gasteiger partial charge in [-0.15, -0.1) is 0 Å². The van der Waals surface area contributed by atoms with Crippen LogP contribution >= 0.6 is 50.3 Å². The van der Waals surface area contributed by atoms with Gasteiger partial charge in [-0.1, -0.05) is 65.7 Å². The maximum absolute atomic E-state index is 13.5. The van der Waals surface area contributed by atoms with Crippen LogP contribution in [0.4, 0.5) is 5.69 Å². The van der Waals surface area contributed by atoms with Crippen LogP contribution in [0.25, 0.3) is 6.08 Å². The van der Waals surface area contributed by atoms with E-state index in [-0.39, 0.29) is 23.2 Å². The molecule has 1 saturated carbocycles. The third-order valence-corrected chi connectivity index (χ3v) is 8.16. The first-order valence-electron chi connectivity index (χ1n) is 10.1. The van der Waals surface area contributed by atoms with Crippen LogP contribution in [-0.2, 0) is 4.79 Å². The van der Waals surface area contributed by atoms with Gasteiger partial charge in [0.15, 0.2) is 5.50 Å². The van der Waals surface area contributed by atoms with Crippen LogP contribution in [0.2, 0.25) is 0 Å². The van der Waals surface area contributed by atoms with Crippen molar-refractivity contribution in [2.75, 3.05) is 5.32 Å². The average molecular weight is 599 g/mol. The van der Waals surface area contributed by atoms with Crippen molar-refractivity contribution in [2.45, 2.75) is 44.1 Å². The molecule has 2 aliphatic rings. The second kappa shape index (κ2) is 9.53. The van der Waals surface area contributed by atoms with Crippen molar-refractivity contribution in [2.24, 2.45) is 5.92 Å². The van der Waals surface area contributed by atoms with Gasteiger partial charge in [-0.05, 0) is 71.7 Å². The van der Waals surface area contributed by atoms with Gasteiger partial charge in [0.05, 0.1) is 8.48 Å². The fraction of sp³-hybridized carbons (Fsp3) is 0.348. The molecular formula is C23H24BrIN2O2S. The molecule has 1 aliphatic carbocycles. The highest BCUT2D eigenvalue weighted by Gasteiger charge is 2.43.